The Hall–Kier alpha value is -2.21. The van der Waals surface area contributed by atoms with Crippen molar-refractivity contribution < 1.29 is 14.3 Å². The SMILES string of the molecule is O=C(Nc1ccc(O)c(F)c1)c1ccc(Cl)nn1. The molecule has 5 nitrogen and oxygen atoms in total. The number of nitrogens with zero attached hydrogens (tertiary/aromatic N) is 2. The van der Waals surface area contributed by atoms with Gasteiger partial charge in [0.15, 0.2) is 22.4 Å². The first-order valence-corrected chi connectivity index (χ1v) is 5.23. The van der Waals surface area contributed by atoms with Crippen molar-refractivity contribution in [1.29, 1.82) is 0 Å². The lowest BCUT2D eigenvalue weighted by atomic mass is 10.2. The van der Waals surface area contributed by atoms with Gasteiger partial charge in [-0.15, -0.1) is 10.2 Å². The molecule has 0 aliphatic carbocycles. The van der Waals surface area contributed by atoms with Crippen LogP contribution >= 0.6 is 11.6 Å². The summed E-state index contributed by atoms with van der Waals surface area (Å²) in [4.78, 5) is 11.7. The van der Waals surface area contributed by atoms with Crippen LogP contribution in [0.4, 0.5) is 10.1 Å². The molecule has 1 amide bonds. The molecule has 0 radical (unpaired) electrons. The normalized spacial score (nSPS) is 10.1. The van der Waals surface area contributed by atoms with Crippen molar-refractivity contribution in [1.82, 2.24) is 10.2 Å². The maximum Gasteiger partial charge on any atom is 0.276 e. The van der Waals surface area contributed by atoms with Gasteiger partial charge in [0.25, 0.3) is 5.91 Å². The highest BCUT2D eigenvalue weighted by molar-refractivity contribution is 6.29. The van der Waals surface area contributed by atoms with Crippen molar-refractivity contribution in [3.05, 3.63) is 47.0 Å². The summed E-state index contributed by atoms with van der Waals surface area (Å²) < 4.78 is 13.0. The van der Waals surface area contributed by atoms with Gasteiger partial charge in [-0.3, -0.25) is 4.79 Å². The molecule has 2 aromatic rings. The van der Waals surface area contributed by atoms with Crippen LogP contribution in [0.5, 0.6) is 5.75 Å². The number of hydrogen-bond acceptors (Lipinski definition) is 4. The van der Waals surface area contributed by atoms with Gasteiger partial charge in [0.05, 0.1) is 0 Å². The first-order chi connectivity index (χ1) is 8.56. The van der Waals surface area contributed by atoms with Crippen molar-refractivity contribution in [2.45, 2.75) is 0 Å². The number of phenolic OH excluding ortho intramolecular Hbond substituents is 1. The number of carbonyl (C=O) groups excluding carboxylic acids is 1. The van der Waals surface area contributed by atoms with Crippen LogP contribution in [0.15, 0.2) is 30.3 Å². The Kier molecular flexibility index (Phi) is 3.38. The lowest BCUT2D eigenvalue weighted by Gasteiger charge is -2.04. The lowest BCUT2D eigenvalue weighted by molar-refractivity contribution is 0.102. The zero-order valence-electron chi connectivity index (χ0n) is 8.89. The maximum absolute atomic E-state index is 13.0. The molecule has 0 atom stereocenters. The number of hydrogen-bond donors (Lipinski definition) is 2. The average molecular weight is 268 g/mol. The highest BCUT2D eigenvalue weighted by atomic mass is 35.5. The number of aromatic nitrogens is 2. The first kappa shape index (κ1) is 12.3. The van der Waals surface area contributed by atoms with Crippen molar-refractivity contribution >= 4 is 23.2 Å². The van der Waals surface area contributed by atoms with E-state index in [-0.39, 0.29) is 16.5 Å². The van der Waals surface area contributed by atoms with E-state index in [2.05, 4.69) is 15.5 Å². The van der Waals surface area contributed by atoms with Crippen LogP contribution in [0.3, 0.4) is 0 Å². The standard InChI is InChI=1S/C11H7ClFN3O2/c12-10-4-2-8(15-16-10)11(18)14-6-1-3-9(17)7(13)5-6/h1-5,17H,(H,14,18). The number of aromatic hydroxyl groups is 1. The average Bonchev–Trinajstić information content (AvgIpc) is 2.34. The second-order valence-electron chi connectivity index (χ2n) is 3.36. The van der Waals surface area contributed by atoms with Crippen molar-refractivity contribution in [3.8, 4) is 5.75 Å². The molecule has 1 aromatic heterocycles. The minimum atomic E-state index is -0.824. The van der Waals surface area contributed by atoms with Crippen molar-refractivity contribution in [2.75, 3.05) is 5.32 Å². The van der Waals surface area contributed by atoms with E-state index < -0.39 is 17.5 Å². The Morgan fingerprint density at radius 1 is 1.28 bits per heavy atom. The van der Waals surface area contributed by atoms with E-state index in [0.29, 0.717) is 0 Å². The Morgan fingerprint density at radius 2 is 2.06 bits per heavy atom. The van der Waals surface area contributed by atoms with Crippen molar-refractivity contribution in [2.24, 2.45) is 0 Å². The van der Waals surface area contributed by atoms with Crippen LogP contribution in [-0.4, -0.2) is 21.2 Å². The largest absolute Gasteiger partial charge is 0.505 e. The molecule has 0 fully saturated rings. The van der Waals surface area contributed by atoms with E-state index in [1.165, 1.54) is 18.2 Å². The molecule has 0 aliphatic heterocycles. The van der Waals surface area contributed by atoms with Gasteiger partial charge in [-0.1, -0.05) is 11.6 Å². The number of phenols is 1. The zero-order chi connectivity index (χ0) is 13.1. The smallest absolute Gasteiger partial charge is 0.276 e. The summed E-state index contributed by atoms with van der Waals surface area (Å²) in [7, 11) is 0. The number of carbonyl (C=O) groups is 1. The highest BCUT2D eigenvalue weighted by Gasteiger charge is 2.09. The summed E-state index contributed by atoms with van der Waals surface area (Å²) in [5.41, 5.74) is 0.250. The molecule has 7 heteroatoms. The first-order valence-electron chi connectivity index (χ1n) is 4.85. The number of halogens is 2. The van der Waals surface area contributed by atoms with E-state index in [4.69, 9.17) is 16.7 Å². The van der Waals surface area contributed by atoms with E-state index >= 15 is 0 Å². The van der Waals surface area contributed by atoms with Gasteiger partial charge in [-0.25, -0.2) is 4.39 Å². The van der Waals surface area contributed by atoms with Crippen LogP contribution in [-0.2, 0) is 0 Å². The number of amides is 1. The minimum absolute atomic E-state index is 0.0490. The summed E-state index contributed by atoms with van der Waals surface area (Å²) in [6.45, 7) is 0. The Labute approximate surface area is 106 Å². The van der Waals surface area contributed by atoms with Gasteiger partial charge in [-0.2, -0.15) is 0 Å². The van der Waals surface area contributed by atoms with Crippen LogP contribution in [0.1, 0.15) is 10.5 Å². The minimum Gasteiger partial charge on any atom is -0.505 e. The third kappa shape index (κ3) is 2.72. The molecule has 1 aromatic carbocycles. The van der Waals surface area contributed by atoms with Crippen LogP contribution in [0.25, 0.3) is 0 Å². The van der Waals surface area contributed by atoms with Gasteiger partial charge in [0.2, 0.25) is 0 Å². The summed E-state index contributed by atoms with van der Waals surface area (Å²) in [5.74, 6) is -1.86. The van der Waals surface area contributed by atoms with Gasteiger partial charge >= 0.3 is 0 Å². The molecule has 92 valence electrons. The van der Waals surface area contributed by atoms with Gasteiger partial charge in [0, 0.05) is 11.8 Å². The van der Waals surface area contributed by atoms with E-state index in [1.807, 2.05) is 0 Å². The van der Waals surface area contributed by atoms with Crippen LogP contribution < -0.4 is 5.32 Å². The second-order valence-corrected chi connectivity index (χ2v) is 3.75. The van der Waals surface area contributed by atoms with Crippen LogP contribution in [0.2, 0.25) is 5.15 Å². The summed E-state index contributed by atoms with van der Waals surface area (Å²) in [5, 5.41) is 18.7. The fraction of sp³-hybridized carbons (Fsp3) is 0. The van der Waals surface area contributed by atoms with Crippen LogP contribution in [0, 0.1) is 5.82 Å². The summed E-state index contributed by atoms with van der Waals surface area (Å²) in [6, 6.07) is 6.30. The fourth-order valence-corrected chi connectivity index (χ4v) is 1.32. The number of benzene rings is 1. The fourth-order valence-electron chi connectivity index (χ4n) is 1.22. The molecular weight excluding hydrogens is 261 g/mol. The zero-order valence-corrected chi connectivity index (χ0v) is 9.65. The predicted molar refractivity (Wildman–Crippen MR) is 63.1 cm³/mol. The molecule has 0 aliphatic rings. The highest BCUT2D eigenvalue weighted by Crippen LogP contribution is 2.19. The predicted octanol–water partition coefficient (Wildman–Crippen LogP) is 2.23. The summed E-state index contributed by atoms with van der Waals surface area (Å²) >= 11 is 5.53. The quantitative estimate of drug-likeness (QED) is 0.818. The molecule has 0 bridgehead atoms. The van der Waals surface area contributed by atoms with E-state index in [9.17, 15) is 9.18 Å². The number of anilines is 1. The molecule has 1 heterocycles. The molecule has 0 saturated heterocycles. The maximum atomic E-state index is 13.0. The monoisotopic (exact) mass is 267 g/mol. The Bertz CT molecular complexity index is 589. The van der Waals surface area contributed by atoms with E-state index in [1.54, 1.807) is 0 Å². The molecule has 2 rings (SSSR count). The van der Waals surface area contributed by atoms with Gasteiger partial charge in [0.1, 0.15) is 0 Å². The third-order valence-corrected chi connectivity index (χ3v) is 2.27. The van der Waals surface area contributed by atoms with Crippen molar-refractivity contribution in [3.63, 3.8) is 0 Å². The molecular formula is C11H7ClFN3O2. The number of nitrogens with one attached hydrogen (secondary N) is 1. The molecule has 0 unspecified atom stereocenters. The van der Waals surface area contributed by atoms with Gasteiger partial charge in [-0.05, 0) is 24.3 Å². The Balaban J connectivity index is 2.16. The molecule has 0 spiro atoms. The lowest BCUT2D eigenvalue weighted by Crippen LogP contribution is -2.14. The molecule has 18 heavy (non-hydrogen) atoms. The third-order valence-electron chi connectivity index (χ3n) is 2.07. The second kappa shape index (κ2) is 4.97. The summed E-state index contributed by atoms with van der Waals surface area (Å²) in [6.07, 6.45) is 0. The van der Waals surface area contributed by atoms with E-state index in [0.717, 1.165) is 12.1 Å². The molecule has 2 N–H and O–H groups in total. The Morgan fingerprint density at radius 3 is 2.67 bits per heavy atom. The van der Waals surface area contributed by atoms with Gasteiger partial charge < -0.3 is 10.4 Å². The molecule has 0 saturated carbocycles. The topological polar surface area (TPSA) is 75.1 Å². The number of rotatable bonds is 2.